The Kier molecular flexibility index (Phi) is 6.02. The number of hydrogen-bond acceptors (Lipinski definition) is 4. The number of likely N-dealkylation sites (N-methyl/N-ethyl adjacent to an activating group) is 1. The number of aromatic nitrogens is 1. The van der Waals surface area contributed by atoms with Crippen molar-refractivity contribution >= 4 is 5.91 Å². The zero-order valence-electron chi connectivity index (χ0n) is 15.8. The molecule has 6 nitrogen and oxygen atoms in total. The smallest absolute Gasteiger partial charge is 0.266 e. The number of H-pyrrole nitrogens is 1. The van der Waals surface area contributed by atoms with E-state index in [1.54, 1.807) is 6.92 Å². The van der Waals surface area contributed by atoms with E-state index in [0.717, 1.165) is 30.8 Å². The lowest BCUT2D eigenvalue weighted by molar-refractivity contribution is -0.130. The molecule has 1 aliphatic rings. The molecule has 0 bridgehead atoms. The Morgan fingerprint density at radius 2 is 2.04 bits per heavy atom. The SMILES string of the molecule is CCC1CN(C(=O)CCc2c(C)[nH]c(=O)c(C#N)c2C)CC1N(C)C. The van der Waals surface area contributed by atoms with Crippen LogP contribution in [0.25, 0.3) is 0 Å². The van der Waals surface area contributed by atoms with E-state index in [1.807, 2.05) is 17.9 Å². The van der Waals surface area contributed by atoms with Crippen LogP contribution in [0.15, 0.2) is 4.79 Å². The van der Waals surface area contributed by atoms with Crippen molar-refractivity contribution in [2.45, 2.75) is 46.1 Å². The second-order valence-corrected chi connectivity index (χ2v) is 7.17. The Labute approximate surface area is 149 Å². The maximum absolute atomic E-state index is 12.7. The first kappa shape index (κ1) is 19.2. The molecule has 2 atom stereocenters. The highest BCUT2D eigenvalue weighted by atomic mass is 16.2. The van der Waals surface area contributed by atoms with Crippen molar-refractivity contribution < 1.29 is 4.79 Å². The van der Waals surface area contributed by atoms with Crippen LogP contribution in [0.5, 0.6) is 0 Å². The average molecular weight is 344 g/mol. The summed E-state index contributed by atoms with van der Waals surface area (Å²) in [6, 6.07) is 2.37. The summed E-state index contributed by atoms with van der Waals surface area (Å²) in [5, 5.41) is 9.15. The zero-order valence-corrected chi connectivity index (χ0v) is 15.8. The summed E-state index contributed by atoms with van der Waals surface area (Å²) < 4.78 is 0. The first-order valence-electron chi connectivity index (χ1n) is 8.86. The van der Waals surface area contributed by atoms with Gasteiger partial charge in [-0.1, -0.05) is 13.3 Å². The Balaban J connectivity index is 2.09. The molecule has 1 aliphatic heterocycles. The Hall–Kier alpha value is -2.13. The van der Waals surface area contributed by atoms with Gasteiger partial charge in [-0.25, -0.2) is 0 Å². The van der Waals surface area contributed by atoms with E-state index in [2.05, 4.69) is 30.9 Å². The van der Waals surface area contributed by atoms with Crippen LogP contribution < -0.4 is 5.56 Å². The summed E-state index contributed by atoms with van der Waals surface area (Å²) in [5.41, 5.74) is 2.13. The lowest BCUT2D eigenvalue weighted by atomic mass is 9.99. The molecule has 1 aromatic heterocycles. The molecule has 0 spiro atoms. The first-order chi connectivity index (χ1) is 11.8. The number of rotatable bonds is 5. The van der Waals surface area contributed by atoms with Gasteiger partial charge >= 0.3 is 0 Å². The monoisotopic (exact) mass is 344 g/mol. The predicted octanol–water partition coefficient (Wildman–Crippen LogP) is 1.59. The van der Waals surface area contributed by atoms with Crippen molar-refractivity contribution in [1.82, 2.24) is 14.8 Å². The number of likely N-dealkylation sites (tertiary alicyclic amines) is 1. The number of aromatic amines is 1. The zero-order chi connectivity index (χ0) is 18.7. The van der Waals surface area contributed by atoms with Crippen molar-refractivity contribution in [2.75, 3.05) is 27.2 Å². The molecular weight excluding hydrogens is 316 g/mol. The van der Waals surface area contributed by atoms with Crippen molar-refractivity contribution in [2.24, 2.45) is 5.92 Å². The minimum absolute atomic E-state index is 0.145. The van der Waals surface area contributed by atoms with Gasteiger partial charge in [-0.3, -0.25) is 9.59 Å². The highest BCUT2D eigenvalue weighted by Gasteiger charge is 2.35. The maximum atomic E-state index is 12.7. The molecule has 6 heteroatoms. The number of hydrogen-bond donors (Lipinski definition) is 1. The lowest BCUT2D eigenvalue weighted by Crippen LogP contribution is -2.36. The number of nitrogens with zero attached hydrogens (tertiary/aromatic N) is 3. The number of nitrogens with one attached hydrogen (secondary N) is 1. The van der Waals surface area contributed by atoms with Crippen molar-refractivity contribution in [3.8, 4) is 6.07 Å². The molecule has 1 fully saturated rings. The summed E-state index contributed by atoms with van der Waals surface area (Å²) in [6.45, 7) is 7.36. The van der Waals surface area contributed by atoms with Gasteiger partial charge in [-0.05, 0) is 51.4 Å². The summed E-state index contributed by atoms with van der Waals surface area (Å²) in [6.07, 6.45) is 2.01. The third-order valence-corrected chi connectivity index (χ3v) is 5.46. The van der Waals surface area contributed by atoms with Crippen LogP contribution in [0, 0.1) is 31.1 Å². The van der Waals surface area contributed by atoms with Gasteiger partial charge in [-0.2, -0.15) is 5.26 Å². The second-order valence-electron chi connectivity index (χ2n) is 7.17. The third kappa shape index (κ3) is 3.93. The Morgan fingerprint density at radius 1 is 1.36 bits per heavy atom. The van der Waals surface area contributed by atoms with Crippen LogP contribution in [0.1, 0.15) is 42.1 Å². The number of nitriles is 1. The highest BCUT2D eigenvalue weighted by Crippen LogP contribution is 2.24. The molecule has 1 aromatic rings. The van der Waals surface area contributed by atoms with E-state index >= 15 is 0 Å². The van der Waals surface area contributed by atoms with Crippen molar-refractivity contribution in [3.05, 3.63) is 32.7 Å². The quantitative estimate of drug-likeness (QED) is 0.880. The van der Waals surface area contributed by atoms with E-state index in [4.69, 9.17) is 5.26 Å². The molecule has 2 unspecified atom stereocenters. The number of pyridine rings is 1. The largest absolute Gasteiger partial charge is 0.341 e. The summed E-state index contributed by atoms with van der Waals surface area (Å²) in [5.74, 6) is 0.659. The molecule has 136 valence electrons. The van der Waals surface area contributed by atoms with Crippen molar-refractivity contribution in [1.29, 1.82) is 5.26 Å². The van der Waals surface area contributed by atoms with Crippen LogP contribution in [-0.4, -0.2) is 53.9 Å². The normalized spacial score (nSPS) is 20.1. The van der Waals surface area contributed by atoms with Crippen LogP contribution in [0.3, 0.4) is 0 Å². The van der Waals surface area contributed by atoms with Gasteiger partial charge in [-0.15, -0.1) is 0 Å². The number of carbonyl (C=O) groups is 1. The van der Waals surface area contributed by atoms with Crippen LogP contribution in [-0.2, 0) is 11.2 Å². The summed E-state index contributed by atoms with van der Waals surface area (Å²) in [7, 11) is 4.13. The van der Waals surface area contributed by atoms with E-state index in [-0.39, 0.29) is 17.0 Å². The number of aryl methyl sites for hydroxylation is 1. The topological polar surface area (TPSA) is 80.2 Å². The predicted molar refractivity (Wildman–Crippen MR) is 97.4 cm³/mol. The molecule has 1 N–H and O–H groups in total. The molecule has 2 rings (SSSR count). The molecule has 0 radical (unpaired) electrons. The molecule has 0 aliphatic carbocycles. The second kappa shape index (κ2) is 7.83. The van der Waals surface area contributed by atoms with Gasteiger partial charge in [0.25, 0.3) is 5.56 Å². The van der Waals surface area contributed by atoms with Gasteiger partial charge in [0.2, 0.25) is 5.91 Å². The molecule has 2 heterocycles. The fraction of sp³-hybridized carbons (Fsp3) is 0.632. The number of amides is 1. The van der Waals surface area contributed by atoms with E-state index in [1.165, 1.54) is 0 Å². The van der Waals surface area contributed by atoms with E-state index in [9.17, 15) is 9.59 Å². The minimum atomic E-state index is -0.355. The van der Waals surface area contributed by atoms with Gasteiger partial charge in [0.15, 0.2) is 0 Å². The fourth-order valence-electron chi connectivity index (χ4n) is 3.85. The first-order valence-corrected chi connectivity index (χ1v) is 8.86. The van der Waals surface area contributed by atoms with Crippen LogP contribution >= 0.6 is 0 Å². The van der Waals surface area contributed by atoms with Gasteiger partial charge in [0.1, 0.15) is 11.6 Å². The standard InChI is InChI=1S/C19H28N4O2/c1-6-14-10-23(11-17(14)22(4)5)18(24)8-7-15-12(2)16(9-20)19(25)21-13(15)3/h14,17H,6-8,10-11H2,1-5H3,(H,21,25). The van der Waals surface area contributed by atoms with Crippen LogP contribution in [0.4, 0.5) is 0 Å². The van der Waals surface area contributed by atoms with E-state index in [0.29, 0.717) is 30.4 Å². The summed E-state index contributed by atoms with van der Waals surface area (Å²) >= 11 is 0. The van der Waals surface area contributed by atoms with Gasteiger partial charge in [0, 0.05) is 31.2 Å². The number of carbonyl (C=O) groups excluding carboxylic acids is 1. The van der Waals surface area contributed by atoms with Crippen LogP contribution in [0.2, 0.25) is 0 Å². The summed E-state index contributed by atoms with van der Waals surface area (Å²) in [4.78, 5) is 31.4. The molecule has 0 saturated carbocycles. The minimum Gasteiger partial charge on any atom is -0.341 e. The van der Waals surface area contributed by atoms with Gasteiger partial charge < -0.3 is 14.8 Å². The average Bonchev–Trinajstić information content (AvgIpc) is 2.99. The van der Waals surface area contributed by atoms with E-state index < -0.39 is 0 Å². The Morgan fingerprint density at radius 3 is 2.56 bits per heavy atom. The molecular formula is C19H28N4O2. The molecule has 1 saturated heterocycles. The molecule has 1 amide bonds. The maximum Gasteiger partial charge on any atom is 0.266 e. The molecule has 25 heavy (non-hydrogen) atoms. The van der Waals surface area contributed by atoms with Crippen molar-refractivity contribution in [3.63, 3.8) is 0 Å². The van der Waals surface area contributed by atoms with Gasteiger partial charge in [0.05, 0.1) is 0 Å². The molecule has 0 aromatic carbocycles. The lowest BCUT2D eigenvalue weighted by Gasteiger charge is -2.23. The highest BCUT2D eigenvalue weighted by molar-refractivity contribution is 5.77. The Bertz CT molecular complexity index is 745. The third-order valence-electron chi connectivity index (χ3n) is 5.46. The fourth-order valence-corrected chi connectivity index (χ4v) is 3.85.